The van der Waals surface area contributed by atoms with Gasteiger partial charge in [-0.15, -0.1) is 0 Å². The quantitative estimate of drug-likeness (QED) is 0.739. The van der Waals surface area contributed by atoms with Crippen LogP contribution in [0.3, 0.4) is 0 Å². The highest BCUT2D eigenvalue weighted by Crippen LogP contribution is 2.20. The summed E-state index contributed by atoms with van der Waals surface area (Å²) in [7, 11) is 0. The molecule has 1 aliphatic rings. The Morgan fingerprint density at radius 2 is 1.84 bits per heavy atom. The Morgan fingerprint density at radius 3 is 2.48 bits per heavy atom. The molecule has 0 bridgehead atoms. The van der Waals surface area contributed by atoms with Gasteiger partial charge in [0.15, 0.2) is 5.76 Å². The lowest BCUT2D eigenvalue weighted by Gasteiger charge is -2.33. The Morgan fingerprint density at radius 1 is 1.12 bits per heavy atom. The summed E-state index contributed by atoms with van der Waals surface area (Å²) in [6.45, 7) is 4.07. The third kappa shape index (κ3) is 4.20. The minimum Gasteiger partial charge on any atom is -0.459 e. The van der Waals surface area contributed by atoms with Crippen LogP contribution in [-0.4, -0.2) is 47.8 Å². The maximum Gasteiger partial charge on any atom is 0.289 e. The van der Waals surface area contributed by atoms with Crippen molar-refractivity contribution in [1.82, 2.24) is 9.80 Å². The minimum atomic E-state index is -0.128. The van der Waals surface area contributed by atoms with Crippen molar-refractivity contribution < 1.29 is 14.0 Å². The van der Waals surface area contributed by atoms with E-state index in [9.17, 15) is 9.59 Å². The summed E-state index contributed by atoms with van der Waals surface area (Å²) in [6, 6.07) is 9.35. The largest absolute Gasteiger partial charge is 0.459 e. The molecule has 0 radical (unpaired) electrons. The lowest BCUT2D eigenvalue weighted by molar-refractivity contribution is -0.127. The number of halogens is 1. The molecule has 0 saturated carbocycles. The molecule has 1 aromatic heterocycles. The summed E-state index contributed by atoms with van der Waals surface area (Å²) in [5, 5.41) is 0. The van der Waals surface area contributed by atoms with Gasteiger partial charge in [-0.05, 0) is 42.3 Å². The molecule has 1 aromatic carbocycles. The van der Waals surface area contributed by atoms with Gasteiger partial charge in [-0.2, -0.15) is 0 Å². The number of piperazine rings is 1. The minimum absolute atomic E-state index is 0.0439. The van der Waals surface area contributed by atoms with Gasteiger partial charge in [0, 0.05) is 36.7 Å². The smallest absolute Gasteiger partial charge is 0.289 e. The van der Waals surface area contributed by atoms with Crippen LogP contribution in [0.2, 0.25) is 0 Å². The summed E-state index contributed by atoms with van der Waals surface area (Å²) in [6.07, 6.45) is 4.88. The zero-order valence-corrected chi connectivity index (χ0v) is 15.5. The van der Waals surface area contributed by atoms with E-state index in [0.717, 1.165) is 15.6 Å². The molecule has 2 heterocycles. The molecule has 25 heavy (non-hydrogen) atoms. The maximum atomic E-state index is 12.4. The lowest BCUT2D eigenvalue weighted by Crippen LogP contribution is -2.50. The van der Waals surface area contributed by atoms with E-state index in [1.165, 1.54) is 6.26 Å². The summed E-state index contributed by atoms with van der Waals surface area (Å²) in [4.78, 5) is 28.0. The number of rotatable bonds is 3. The maximum absolute atomic E-state index is 12.4. The molecule has 1 fully saturated rings. The zero-order valence-electron chi connectivity index (χ0n) is 13.9. The number of benzene rings is 1. The molecule has 0 aliphatic carbocycles. The van der Waals surface area contributed by atoms with Crippen molar-refractivity contribution in [3.05, 3.63) is 64.0 Å². The molecular weight excluding hydrogens is 384 g/mol. The van der Waals surface area contributed by atoms with Crippen molar-refractivity contribution in [3.63, 3.8) is 0 Å². The fraction of sp³-hybridized carbons (Fsp3) is 0.263. The third-order valence-electron chi connectivity index (χ3n) is 4.17. The summed E-state index contributed by atoms with van der Waals surface area (Å²) < 4.78 is 6.11. The molecule has 2 aromatic rings. The number of nitrogens with zero attached hydrogens (tertiary/aromatic N) is 2. The van der Waals surface area contributed by atoms with Gasteiger partial charge in [-0.3, -0.25) is 9.59 Å². The van der Waals surface area contributed by atoms with E-state index in [0.29, 0.717) is 31.9 Å². The number of carbonyl (C=O) groups excluding carboxylic acids is 2. The Bertz CT molecular complexity index is 791. The second-order valence-electron chi connectivity index (χ2n) is 5.95. The predicted molar refractivity (Wildman–Crippen MR) is 99.1 cm³/mol. The van der Waals surface area contributed by atoms with Crippen LogP contribution in [0.4, 0.5) is 0 Å². The van der Waals surface area contributed by atoms with Gasteiger partial charge < -0.3 is 14.2 Å². The number of amides is 2. The standard InChI is InChI=1S/C19H19BrN2O3/c1-14-4-5-15(16(20)13-14)6-7-18(23)21-8-10-22(11-9-21)19(24)17-3-2-12-25-17/h2-7,12-13H,8-11H2,1H3. The van der Waals surface area contributed by atoms with Gasteiger partial charge >= 0.3 is 0 Å². The van der Waals surface area contributed by atoms with Crippen molar-refractivity contribution in [3.8, 4) is 0 Å². The Labute approximate surface area is 155 Å². The van der Waals surface area contributed by atoms with Crippen LogP contribution in [0.15, 0.2) is 51.6 Å². The normalized spacial score (nSPS) is 15.0. The van der Waals surface area contributed by atoms with Crippen LogP contribution in [0.5, 0.6) is 0 Å². The molecule has 0 atom stereocenters. The number of carbonyl (C=O) groups is 2. The van der Waals surface area contributed by atoms with E-state index < -0.39 is 0 Å². The van der Waals surface area contributed by atoms with E-state index in [4.69, 9.17) is 4.42 Å². The molecular formula is C19H19BrN2O3. The van der Waals surface area contributed by atoms with Gasteiger partial charge in [-0.1, -0.05) is 28.1 Å². The summed E-state index contributed by atoms with van der Waals surface area (Å²) >= 11 is 3.51. The van der Waals surface area contributed by atoms with Crippen molar-refractivity contribution >= 4 is 33.8 Å². The monoisotopic (exact) mass is 402 g/mol. The number of hydrogen-bond donors (Lipinski definition) is 0. The molecule has 0 N–H and O–H groups in total. The number of hydrogen-bond acceptors (Lipinski definition) is 3. The molecule has 0 spiro atoms. The Kier molecular flexibility index (Phi) is 5.38. The van der Waals surface area contributed by atoms with Crippen molar-refractivity contribution in [2.45, 2.75) is 6.92 Å². The molecule has 130 valence electrons. The number of furan rings is 1. The van der Waals surface area contributed by atoms with Crippen LogP contribution < -0.4 is 0 Å². The molecule has 3 rings (SSSR count). The van der Waals surface area contributed by atoms with Gasteiger partial charge in [0.25, 0.3) is 5.91 Å². The Balaban J connectivity index is 1.56. The summed E-state index contributed by atoms with van der Waals surface area (Å²) in [5.41, 5.74) is 2.12. The topological polar surface area (TPSA) is 53.8 Å². The molecule has 6 heteroatoms. The van der Waals surface area contributed by atoms with E-state index in [-0.39, 0.29) is 11.8 Å². The average Bonchev–Trinajstić information content (AvgIpc) is 3.15. The second kappa shape index (κ2) is 7.70. The predicted octanol–water partition coefficient (Wildman–Crippen LogP) is 3.35. The second-order valence-corrected chi connectivity index (χ2v) is 6.81. The first-order valence-corrected chi connectivity index (χ1v) is 8.90. The molecule has 2 amide bonds. The fourth-order valence-electron chi connectivity index (χ4n) is 2.72. The lowest BCUT2D eigenvalue weighted by atomic mass is 10.1. The van der Waals surface area contributed by atoms with E-state index in [1.54, 1.807) is 28.0 Å². The highest BCUT2D eigenvalue weighted by molar-refractivity contribution is 9.10. The van der Waals surface area contributed by atoms with Gasteiger partial charge in [0.05, 0.1) is 6.26 Å². The first-order valence-electron chi connectivity index (χ1n) is 8.10. The SMILES string of the molecule is Cc1ccc(C=CC(=O)N2CCN(C(=O)c3ccco3)CC2)c(Br)c1. The summed E-state index contributed by atoms with van der Waals surface area (Å²) in [5.74, 6) is 0.165. The van der Waals surface area contributed by atoms with Crippen LogP contribution in [0.25, 0.3) is 6.08 Å². The first kappa shape index (κ1) is 17.5. The Hall–Kier alpha value is -2.34. The van der Waals surface area contributed by atoms with Crippen molar-refractivity contribution in [1.29, 1.82) is 0 Å². The molecule has 1 saturated heterocycles. The van der Waals surface area contributed by atoms with Gasteiger partial charge in [-0.25, -0.2) is 0 Å². The zero-order chi connectivity index (χ0) is 17.8. The van der Waals surface area contributed by atoms with Gasteiger partial charge in [0.1, 0.15) is 0 Å². The van der Waals surface area contributed by atoms with Crippen LogP contribution in [-0.2, 0) is 4.79 Å². The molecule has 1 aliphatic heterocycles. The number of aryl methyl sites for hydroxylation is 1. The highest BCUT2D eigenvalue weighted by atomic mass is 79.9. The highest BCUT2D eigenvalue weighted by Gasteiger charge is 2.25. The fourth-order valence-corrected chi connectivity index (χ4v) is 3.35. The molecule has 0 unspecified atom stereocenters. The van der Waals surface area contributed by atoms with E-state index >= 15 is 0 Å². The van der Waals surface area contributed by atoms with Crippen molar-refractivity contribution in [2.24, 2.45) is 0 Å². The van der Waals surface area contributed by atoms with Crippen LogP contribution >= 0.6 is 15.9 Å². The third-order valence-corrected chi connectivity index (χ3v) is 4.86. The first-order chi connectivity index (χ1) is 12.0. The van der Waals surface area contributed by atoms with E-state index in [2.05, 4.69) is 15.9 Å². The van der Waals surface area contributed by atoms with Crippen LogP contribution in [0, 0.1) is 6.92 Å². The molecule has 5 nitrogen and oxygen atoms in total. The van der Waals surface area contributed by atoms with Crippen molar-refractivity contribution in [2.75, 3.05) is 26.2 Å². The average molecular weight is 403 g/mol. The van der Waals surface area contributed by atoms with Crippen LogP contribution in [0.1, 0.15) is 21.7 Å². The van der Waals surface area contributed by atoms with E-state index in [1.807, 2.05) is 31.2 Å². The van der Waals surface area contributed by atoms with Gasteiger partial charge in [0.2, 0.25) is 5.91 Å².